The zero-order valence-corrected chi connectivity index (χ0v) is 20.4. The molecule has 1 aromatic rings. The van der Waals surface area contributed by atoms with Gasteiger partial charge >= 0.3 is 5.97 Å². The minimum Gasteiger partial charge on any atom is -0.480 e. The van der Waals surface area contributed by atoms with E-state index in [2.05, 4.69) is 20.6 Å². The van der Waals surface area contributed by atoms with Crippen LogP contribution in [0.1, 0.15) is 59.1 Å². The highest BCUT2D eigenvalue weighted by Gasteiger charge is 2.39. The Morgan fingerprint density at radius 1 is 1.24 bits per heavy atom. The lowest BCUT2D eigenvalue weighted by Gasteiger charge is -2.30. The van der Waals surface area contributed by atoms with Gasteiger partial charge in [-0.05, 0) is 31.1 Å². The second-order valence-electron chi connectivity index (χ2n) is 9.47. The van der Waals surface area contributed by atoms with E-state index in [1.54, 1.807) is 0 Å². The monoisotopic (exact) mass is 478 g/mol. The quantitative estimate of drug-likeness (QED) is 0.290. The zero-order valence-electron chi connectivity index (χ0n) is 20.4. The summed E-state index contributed by atoms with van der Waals surface area (Å²) in [7, 11) is 0. The fraction of sp³-hybridized carbons (Fsp3) is 0.696. The number of H-pyrrole nitrogens is 1. The number of nitrogens with zero attached hydrogens (tertiary/aromatic N) is 2. The fourth-order valence-corrected chi connectivity index (χ4v) is 4.05. The van der Waals surface area contributed by atoms with E-state index in [1.807, 2.05) is 27.7 Å². The highest BCUT2D eigenvalue weighted by atomic mass is 16.4. The molecule has 0 spiro atoms. The van der Waals surface area contributed by atoms with Crippen molar-refractivity contribution in [1.82, 2.24) is 25.5 Å². The first kappa shape index (κ1) is 27.3. The Hall–Kier alpha value is -2.95. The fourth-order valence-electron chi connectivity index (χ4n) is 4.05. The van der Waals surface area contributed by atoms with E-state index in [4.69, 9.17) is 5.73 Å². The second kappa shape index (κ2) is 12.5. The maximum absolute atomic E-state index is 13.2. The van der Waals surface area contributed by atoms with E-state index in [-0.39, 0.29) is 30.6 Å². The summed E-state index contributed by atoms with van der Waals surface area (Å²) in [6.45, 7) is 8.00. The van der Waals surface area contributed by atoms with Crippen LogP contribution in [0.4, 0.5) is 0 Å². The van der Waals surface area contributed by atoms with E-state index >= 15 is 0 Å². The van der Waals surface area contributed by atoms with Gasteiger partial charge in [0.15, 0.2) is 0 Å². The van der Waals surface area contributed by atoms with Crippen molar-refractivity contribution in [3.05, 3.63) is 18.2 Å². The Labute approximate surface area is 200 Å². The third-order valence-electron chi connectivity index (χ3n) is 6.31. The van der Waals surface area contributed by atoms with Crippen LogP contribution in [0.15, 0.2) is 12.5 Å². The van der Waals surface area contributed by atoms with E-state index < -0.39 is 42.0 Å². The maximum atomic E-state index is 13.2. The number of carboxylic acids is 1. The molecule has 11 nitrogen and oxygen atoms in total. The molecule has 1 aliphatic rings. The van der Waals surface area contributed by atoms with Gasteiger partial charge in [0.25, 0.3) is 0 Å². The van der Waals surface area contributed by atoms with Crippen molar-refractivity contribution < 1.29 is 24.3 Å². The number of likely N-dealkylation sites (tertiary alicyclic amines) is 1. The van der Waals surface area contributed by atoms with Gasteiger partial charge in [0.1, 0.15) is 18.1 Å². The number of aromatic nitrogens is 2. The van der Waals surface area contributed by atoms with Crippen molar-refractivity contribution in [2.45, 2.75) is 84.0 Å². The number of rotatable bonds is 12. The lowest BCUT2D eigenvalue weighted by Crippen LogP contribution is -2.57. The molecule has 1 fully saturated rings. The summed E-state index contributed by atoms with van der Waals surface area (Å²) in [5.41, 5.74) is 6.73. The normalized spacial score (nSPS) is 19.4. The Kier molecular flexibility index (Phi) is 10.0. The van der Waals surface area contributed by atoms with E-state index in [0.29, 0.717) is 25.1 Å². The van der Waals surface area contributed by atoms with Gasteiger partial charge in [0, 0.05) is 24.9 Å². The minimum atomic E-state index is -1.14. The summed E-state index contributed by atoms with van der Waals surface area (Å²) in [4.78, 5) is 59.1. The van der Waals surface area contributed by atoms with Crippen LogP contribution in [0.2, 0.25) is 0 Å². The second-order valence-corrected chi connectivity index (χ2v) is 9.47. The number of hydrogen-bond acceptors (Lipinski definition) is 6. The zero-order chi connectivity index (χ0) is 25.4. The molecular formula is C23H38N6O5. The number of aromatic amines is 1. The van der Waals surface area contributed by atoms with Crippen LogP contribution in [-0.4, -0.2) is 74.4 Å². The minimum absolute atomic E-state index is 0.0235. The molecule has 1 aliphatic heterocycles. The maximum Gasteiger partial charge on any atom is 0.326 e. The molecule has 0 saturated carbocycles. The number of hydrogen-bond donors (Lipinski definition) is 5. The van der Waals surface area contributed by atoms with E-state index in [9.17, 15) is 24.3 Å². The summed E-state index contributed by atoms with van der Waals surface area (Å²) in [5.74, 6) is -2.45. The van der Waals surface area contributed by atoms with Gasteiger partial charge in [0.2, 0.25) is 17.7 Å². The van der Waals surface area contributed by atoms with Crippen molar-refractivity contribution in [3.8, 4) is 0 Å². The molecule has 190 valence electrons. The summed E-state index contributed by atoms with van der Waals surface area (Å²) >= 11 is 0. The molecule has 0 aliphatic carbocycles. The molecule has 5 atom stereocenters. The lowest BCUT2D eigenvalue weighted by atomic mass is 9.98. The SMILES string of the molecule is CCC(C)C(N)C(=O)N1CCCC1C(=O)NC(Cc1cnc[nH]1)C(=O)NC(CC(C)C)C(=O)O. The topological polar surface area (TPSA) is 171 Å². The Bertz CT molecular complexity index is 843. The van der Waals surface area contributed by atoms with Crippen LogP contribution in [0.5, 0.6) is 0 Å². The number of aliphatic carboxylic acids is 1. The number of nitrogens with one attached hydrogen (secondary N) is 3. The smallest absolute Gasteiger partial charge is 0.326 e. The molecule has 6 N–H and O–H groups in total. The molecule has 5 unspecified atom stereocenters. The molecule has 1 aromatic heterocycles. The highest BCUT2D eigenvalue weighted by Crippen LogP contribution is 2.21. The average molecular weight is 479 g/mol. The molecule has 2 heterocycles. The molecule has 34 heavy (non-hydrogen) atoms. The van der Waals surface area contributed by atoms with Crippen LogP contribution in [-0.2, 0) is 25.6 Å². The first-order valence-corrected chi connectivity index (χ1v) is 11.9. The van der Waals surface area contributed by atoms with Crippen LogP contribution >= 0.6 is 0 Å². The first-order chi connectivity index (χ1) is 16.0. The molecule has 2 rings (SSSR count). The van der Waals surface area contributed by atoms with Gasteiger partial charge in [0.05, 0.1) is 12.4 Å². The van der Waals surface area contributed by atoms with Gasteiger partial charge in [-0.25, -0.2) is 9.78 Å². The standard InChI is InChI=1S/C23H38N6O5/c1-5-14(4)19(24)22(32)29-8-6-7-18(29)21(31)27-16(10-15-11-25-12-26-15)20(30)28-17(23(33)34)9-13(2)3/h11-14,16-19H,5-10,24H2,1-4H3,(H,25,26)(H,27,31)(H,28,30)(H,33,34). The molecule has 0 radical (unpaired) electrons. The Morgan fingerprint density at radius 3 is 2.50 bits per heavy atom. The van der Waals surface area contributed by atoms with Crippen molar-refractivity contribution in [2.24, 2.45) is 17.6 Å². The Balaban J connectivity index is 2.16. The molecule has 3 amide bonds. The summed E-state index contributed by atoms with van der Waals surface area (Å²) in [6, 6.07) is -3.55. The molecule has 0 bridgehead atoms. The van der Waals surface area contributed by atoms with Gasteiger partial charge in [-0.15, -0.1) is 0 Å². The van der Waals surface area contributed by atoms with Crippen LogP contribution in [0, 0.1) is 11.8 Å². The largest absolute Gasteiger partial charge is 0.480 e. The van der Waals surface area contributed by atoms with Gasteiger partial charge in [-0.1, -0.05) is 34.1 Å². The van der Waals surface area contributed by atoms with Crippen molar-refractivity contribution in [2.75, 3.05) is 6.54 Å². The third kappa shape index (κ3) is 7.28. The number of nitrogens with two attached hydrogens (primary N) is 1. The predicted molar refractivity (Wildman–Crippen MR) is 125 cm³/mol. The highest BCUT2D eigenvalue weighted by molar-refractivity contribution is 5.94. The van der Waals surface area contributed by atoms with Crippen LogP contribution in [0.3, 0.4) is 0 Å². The molecule has 1 saturated heterocycles. The molecule has 0 aromatic carbocycles. The van der Waals surface area contributed by atoms with Crippen molar-refractivity contribution in [3.63, 3.8) is 0 Å². The summed E-state index contributed by atoms with van der Waals surface area (Å²) in [6.07, 6.45) is 5.20. The predicted octanol–water partition coefficient (Wildman–Crippen LogP) is 0.417. The number of carbonyl (C=O) groups excluding carboxylic acids is 3. The van der Waals surface area contributed by atoms with E-state index in [1.165, 1.54) is 17.4 Å². The molecular weight excluding hydrogens is 440 g/mol. The number of carboxylic acid groups (broad SMARTS) is 1. The number of amides is 3. The third-order valence-corrected chi connectivity index (χ3v) is 6.31. The van der Waals surface area contributed by atoms with Crippen LogP contribution < -0.4 is 16.4 Å². The van der Waals surface area contributed by atoms with Gasteiger partial charge < -0.3 is 31.4 Å². The lowest BCUT2D eigenvalue weighted by molar-refractivity contribution is -0.143. The summed E-state index contributed by atoms with van der Waals surface area (Å²) < 4.78 is 0. The average Bonchev–Trinajstić information content (AvgIpc) is 3.48. The molecule has 11 heteroatoms. The van der Waals surface area contributed by atoms with Gasteiger partial charge in [-0.2, -0.15) is 0 Å². The van der Waals surface area contributed by atoms with Crippen molar-refractivity contribution in [1.29, 1.82) is 0 Å². The Morgan fingerprint density at radius 2 is 1.94 bits per heavy atom. The summed E-state index contributed by atoms with van der Waals surface area (Å²) in [5, 5.41) is 14.8. The van der Waals surface area contributed by atoms with Crippen molar-refractivity contribution >= 4 is 23.7 Å². The van der Waals surface area contributed by atoms with Crippen LogP contribution in [0.25, 0.3) is 0 Å². The number of carbonyl (C=O) groups is 4. The first-order valence-electron chi connectivity index (χ1n) is 11.9. The van der Waals surface area contributed by atoms with Gasteiger partial charge in [-0.3, -0.25) is 14.4 Å². The number of imidazole rings is 1. The van der Waals surface area contributed by atoms with E-state index in [0.717, 1.165) is 6.42 Å².